The Balaban J connectivity index is 2.64. The van der Waals surface area contributed by atoms with Crippen LogP contribution in [0.5, 0.6) is 5.75 Å². The number of hydrogen-bond acceptors (Lipinski definition) is 2. The molecule has 1 atom stereocenters. The quantitative estimate of drug-likeness (QED) is 0.771. The van der Waals surface area contributed by atoms with Crippen molar-refractivity contribution in [3.05, 3.63) is 26.6 Å². The number of nitrogens with one attached hydrogen (secondary N) is 1. The third-order valence-electron chi connectivity index (χ3n) is 2.45. The predicted molar refractivity (Wildman–Crippen MR) is 75.4 cm³/mol. The highest BCUT2D eigenvalue weighted by Gasteiger charge is 2.29. The first-order chi connectivity index (χ1) is 8.73. The van der Waals surface area contributed by atoms with Crippen LogP contribution in [0.15, 0.2) is 21.1 Å². The standard InChI is InChI=1S/C12H14Br2F3NO/c1-7(5-12(15,16)17)18-6-8-3-9(13)11(19-2)10(14)4-8/h3-4,7,18H,5-6H2,1-2H3. The lowest BCUT2D eigenvalue weighted by Crippen LogP contribution is -2.30. The Labute approximate surface area is 127 Å². The van der Waals surface area contributed by atoms with Crippen molar-refractivity contribution < 1.29 is 17.9 Å². The summed E-state index contributed by atoms with van der Waals surface area (Å²) in [5, 5.41) is 2.84. The van der Waals surface area contributed by atoms with Crippen molar-refractivity contribution in [3.8, 4) is 5.75 Å². The third kappa shape index (κ3) is 5.71. The molecule has 1 aromatic carbocycles. The van der Waals surface area contributed by atoms with E-state index in [9.17, 15) is 13.2 Å². The minimum atomic E-state index is -4.15. The zero-order valence-corrected chi connectivity index (χ0v) is 13.6. The predicted octanol–water partition coefficient (Wildman–Crippen LogP) is 4.65. The number of alkyl halides is 3. The van der Waals surface area contributed by atoms with E-state index in [4.69, 9.17) is 4.74 Å². The SMILES string of the molecule is COc1c(Br)cc(CNC(C)CC(F)(F)F)cc1Br. The molecule has 1 N–H and O–H groups in total. The molecule has 0 saturated heterocycles. The van der Waals surface area contributed by atoms with Gasteiger partial charge < -0.3 is 10.1 Å². The van der Waals surface area contributed by atoms with Crippen LogP contribution >= 0.6 is 31.9 Å². The van der Waals surface area contributed by atoms with Crippen LogP contribution in [0.4, 0.5) is 13.2 Å². The molecule has 0 bridgehead atoms. The summed E-state index contributed by atoms with van der Waals surface area (Å²) in [4.78, 5) is 0. The Hall–Kier alpha value is -0.270. The molecule has 2 nitrogen and oxygen atoms in total. The second-order valence-corrected chi connectivity index (χ2v) is 5.90. The van der Waals surface area contributed by atoms with E-state index in [2.05, 4.69) is 37.2 Å². The smallest absolute Gasteiger partial charge is 0.390 e. The zero-order valence-electron chi connectivity index (χ0n) is 10.4. The van der Waals surface area contributed by atoms with Gasteiger partial charge in [-0.25, -0.2) is 0 Å². The Morgan fingerprint density at radius 1 is 1.26 bits per heavy atom. The van der Waals surface area contributed by atoms with Crippen molar-refractivity contribution in [1.29, 1.82) is 0 Å². The van der Waals surface area contributed by atoms with Gasteiger partial charge in [0.15, 0.2) is 0 Å². The normalized spacial score (nSPS) is 13.4. The molecule has 1 rings (SSSR count). The van der Waals surface area contributed by atoms with Gasteiger partial charge in [-0.15, -0.1) is 0 Å². The summed E-state index contributed by atoms with van der Waals surface area (Å²) in [6.45, 7) is 1.87. The Bertz CT molecular complexity index is 414. The number of methoxy groups -OCH3 is 1. The maximum Gasteiger partial charge on any atom is 0.390 e. The van der Waals surface area contributed by atoms with Gasteiger partial charge in [-0.1, -0.05) is 0 Å². The second kappa shape index (κ2) is 6.95. The van der Waals surface area contributed by atoms with Crippen LogP contribution in [0.2, 0.25) is 0 Å². The van der Waals surface area contributed by atoms with Gasteiger partial charge >= 0.3 is 6.18 Å². The van der Waals surface area contributed by atoms with E-state index in [-0.39, 0.29) is 0 Å². The first-order valence-corrected chi connectivity index (χ1v) is 7.13. The van der Waals surface area contributed by atoms with E-state index in [0.29, 0.717) is 12.3 Å². The fourth-order valence-corrected chi connectivity index (χ4v) is 3.23. The molecule has 0 aromatic heterocycles. The number of rotatable bonds is 5. The average Bonchev–Trinajstić information content (AvgIpc) is 2.23. The molecule has 1 unspecified atom stereocenters. The van der Waals surface area contributed by atoms with Gasteiger partial charge in [-0.3, -0.25) is 0 Å². The molecule has 0 heterocycles. The van der Waals surface area contributed by atoms with Crippen molar-refractivity contribution in [2.45, 2.75) is 32.1 Å². The lowest BCUT2D eigenvalue weighted by atomic mass is 10.2. The van der Waals surface area contributed by atoms with Crippen LogP contribution in [0.25, 0.3) is 0 Å². The van der Waals surface area contributed by atoms with Crippen LogP contribution in [0.1, 0.15) is 18.9 Å². The van der Waals surface area contributed by atoms with E-state index >= 15 is 0 Å². The van der Waals surface area contributed by atoms with Gasteiger partial charge in [-0.05, 0) is 56.5 Å². The number of hydrogen-bond donors (Lipinski definition) is 1. The highest BCUT2D eigenvalue weighted by atomic mass is 79.9. The van der Waals surface area contributed by atoms with Crippen molar-refractivity contribution in [2.24, 2.45) is 0 Å². The van der Waals surface area contributed by atoms with E-state index in [1.54, 1.807) is 7.11 Å². The number of halogens is 5. The van der Waals surface area contributed by atoms with E-state index in [1.807, 2.05) is 12.1 Å². The minimum absolute atomic E-state index is 0.360. The molecule has 0 saturated carbocycles. The van der Waals surface area contributed by atoms with E-state index in [1.165, 1.54) is 6.92 Å². The molecule has 0 fully saturated rings. The van der Waals surface area contributed by atoms with Gasteiger partial charge in [-0.2, -0.15) is 13.2 Å². The molecule has 19 heavy (non-hydrogen) atoms. The summed E-state index contributed by atoms with van der Waals surface area (Å²) in [7, 11) is 1.55. The molecule has 1 aromatic rings. The highest BCUT2D eigenvalue weighted by molar-refractivity contribution is 9.11. The molecule has 108 valence electrons. The van der Waals surface area contributed by atoms with Crippen LogP contribution < -0.4 is 10.1 Å². The summed E-state index contributed by atoms with van der Waals surface area (Å²) in [5.41, 5.74) is 0.869. The van der Waals surface area contributed by atoms with E-state index < -0.39 is 18.6 Å². The zero-order chi connectivity index (χ0) is 14.6. The lowest BCUT2D eigenvalue weighted by Gasteiger charge is -2.16. The second-order valence-electron chi connectivity index (χ2n) is 4.19. The number of ether oxygens (including phenoxy) is 1. The fourth-order valence-electron chi connectivity index (χ4n) is 1.62. The molecule has 0 radical (unpaired) electrons. The molecule has 0 aliphatic carbocycles. The largest absolute Gasteiger partial charge is 0.494 e. The maximum atomic E-state index is 12.2. The van der Waals surface area contributed by atoms with Crippen molar-refractivity contribution in [3.63, 3.8) is 0 Å². The van der Waals surface area contributed by atoms with Gasteiger partial charge in [0.25, 0.3) is 0 Å². The van der Waals surface area contributed by atoms with E-state index in [0.717, 1.165) is 14.5 Å². The molecule has 0 spiro atoms. The number of benzene rings is 1. The Morgan fingerprint density at radius 3 is 2.21 bits per heavy atom. The first-order valence-electron chi connectivity index (χ1n) is 5.55. The lowest BCUT2D eigenvalue weighted by molar-refractivity contribution is -0.139. The van der Waals surface area contributed by atoms with Crippen molar-refractivity contribution in [2.75, 3.05) is 7.11 Å². The van der Waals surface area contributed by atoms with Crippen molar-refractivity contribution in [1.82, 2.24) is 5.32 Å². The molecule has 0 aliphatic rings. The maximum absolute atomic E-state index is 12.2. The molecular formula is C12H14Br2F3NO. The summed E-state index contributed by atoms with van der Waals surface area (Å²) in [6, 6.07) is 3.01. The molecule has 7 heteroatoms. The minimum Gasteiger partial charge on any atom is -0.494 e. The first kappa shape index (κ1) is 16.8. The molecular weight excluding hydrogens is 391 g/mol. The summed E-state index contributed by atoms with van der Waals surface area (Å²) < 4.78 is 43.2. The molecule has 0 amide bonds. The van der Waals surface area contributed by atoms with Crippen LogP contribution in [-0.2, 0) is 6.54 Å². The van der Waals surface area contributed by atoms with Gasteiger partial charge in [0.1, 0.15) is 5.75 Å². The monoisotopic (exact) mass is 403 g/mol. The average molecular weight is 405 g/mol. The fraction of sp³-hybridized carbons (Fsp3) is 0.500. The van der Waals surface area contributed by atoms with Gasteiger partial charge in [0, 0.05) is 12.6 Å². The summed E-state index contributed by atoms with van der Waals surface area (Å²) in [6.07, 6.45) is -4.99. The van der Waals surface area contributed by atoms with Crippen LogP contribution in [0.3, 0.4) is 0 Å². The van der Waals surface area contributed by atoms with Crippen LogP contribution in [0, 0.1) is 0 Å². The topological polar surface area (TPSA) is 21.3 Å². The highest BCUT2D eigenvalue weighted by Crippen LogP contribution is 2.34. The summed E-state index contributed by atoms with van der Waals surface area (Å²) >= 11 is 6.70. The third-order valence-corrected chi connectivity index (χ3v) is 3.63. The van der Waals surface area contributed by atoms with Crippen molar-refractivity contribution >= 4 is 31.9 Å². The Morgan fingerprint density at radius 2 is 1.79 bits per heavy atom. The van der Waals surface area contributed by atoms with Gasteiger partial charge in [0.2, 0.25) is 0 Å². The molecule has 0 aliphatic heterocycles. The van der Waals surface area contributed by atoms with Crippen LogP contribution in [-0.4, -0.2) is 19.3 Å². The van der Waals surface area contributed by atoms with Gasteiger partial charge in [0.05, 0.1) is 22.5 Å². The summed E-state index contributed by atoms with van der Waals surface area (Å²) in [5.74, 6) is 0.659. The Kier molecular flexibility index (Phi) is 6.14.